The molecule has 0 heterocycles. The van der Waals surface area contributed by atoms with Gasteiger partial charge in [-0.15, -0.1) is 0 Å². The third-order valence-electron chi connectivity index (χ3n) is 10.5. The molecule has 0 radical (unpaired) electrons. The Morgan fingerprint density at radius 2 is 0.724 bits per heavy atom. The summed E-state index contributed by atoms with van der Waals surface area (Å²) in [5.41, 5.74) is 0. The van der Waals surface area contributed by atoms with Crippen LogP contribution in [0.5, 0.6) is 0 Å². The fourth-order valence-corrected chi connectivity index (χ4v) is 6.59. The molecule has 0 aliphatic rings. The largest absolute Gasteiger partial charge is 0.466 e. The molecule has 0 aromatic carbocycles. The van der Waals surface area contributed by atoms with Crippen LogP contribution in [-0.2, 0) is 28.5 Å². The number of nitrogens with zero attached hydrogens (tertiary/aromatic N) is 2. The van der Waals surface area contributed by atoms with E-state index in [-0.39, 0.29) is 11.9 Å². The van der Waals surface area contributed by atoms with E-state index in [1.807, 2.05) is 0 Å². The molecule has 8 heteroatoms. The van der Waals surface area contributed by atoms with Crippen molar-refractivity contribution in [3.8, 4) is 0 Å². The minimum absolute atomic E-state index is 0.0613. The molecule has 0 saturated carbocycles. The number of rotatable bonds is 46. The lowest BCUT2D eigenvalue weighted by atomic mass is 10.1. The minimum atomic E-state index is -0.0667. The number of ether oxygens (including phenoxy) is 4. The molecule has 0 saturated heterocycles. The molecule has 0 aromatic heterocycles. The van der Waals surface area contributed by atoms with Crippen molar-refractivity contribution in [3.63, 3.8) is 0 Å². The van der Waals surface area contributed by atoms with Crippen molar-refractivity contribution in [2.24, 2.45) is 0 Å². The lowest BCUT2D eigenvalue weighted by molar-refractivity contribution is -0.144. The summed E-state index contributed by atoms with van der Waals surface area (Å²) in [6, 6.07) is 0. The Labute approximate surface area is 359 Å². The first kappa shape index (κ1) is 56.0. The zero-order chi connectivity index (χ0) is 42.3. The Hall–Kier alpha value is -2.00. The predicted octanol–water partition coefficient (Wildman–Crippen LogP) is 12.6. The van der Waals surface area contributed by atoms with Crippen molar-refractivity contribution >= 4 is 11.9 Å². The molecular formula is C50H94N2O6. The van der Waals surface area contributed by atoms with Crippen LogP contribution in [-0.4, -0.2) is 102 Å². The van der Waals surface area contributed by atoms with Crippen LogP contribution >= 0.6 is 0 Å². The van der Waals surface area contributed by atoms with Gasteiger partial charge in [0.25, 0.3) is 0 Å². The van der Waals surface area contributed by atoms with Gasteiger partial charge >= 0.3 is 11.9 Å². The maximum Gasteiger partial charge on any atom is 0.305 e. The van der Waals surface area contributed by atoms with Crippen LogP contribution in [0.2, 0.25) is 0 Å². The van der Waals surface area contributed by atoms with Crippen LogP contribution in [0.1, 0.15) is 194 Å². The monoisotopic (exact) mass is 819 g/mol. The lowest BCUT2D eigenvalue weighted by Gasteiger charge is -2.17. The zero-order valence-corrected chi connectivity index (χ0v) is 38.7. The summed E-state index contributed by atoms with van der Waals surface area (Å²) in [5.74, 6) is -0.128. The minimum Gasteiger partial charge on any atom is -0.466 e. The second kappa shape index (κ2) is 47.7. The molecule has 0 fully saturated rings. The Bertz CT molecular complexity index is 954. The molecule has 8 nitrogen and oxygen atoms in total. The van der Waals surface area contributed by atoms with Crippen molar-refractivity contribution < 1.29 is 28.5 Å². The number of likely N-dealkylation sites (N-methyl/N-ethyl adjacent to an activating group) is 2. The van der Waals surface area contributed by atoms with Crippen LogP contribution in [0.3, 0.4) is 0 Å². The van der Waals surface area contributed by atoms with E-state index >= 15 is 0 Å². The number of esters is 2. The van der Waals surface area contributed by atoms with Gasteiger partial charge in [0.15, 0.2) is 0 Å². The Kier molecular flexibility index (Phi) is 46.0. The number of carbonyl (C=O) groups is 2. The summed E-state index contributed by atoms with van der Waals surface area (Å²) in [4.78, 5) is 28.5. The smallest absolute Gasteiger partial charge is 0.305 e. The summed E-state index contributed by atoms with van der Waals surface area (Å²) in [7, 11) is 4.14. The third kappa shape index (κ3) is 46.7. The molecule has 0 unspecified atom stereocenters. The first-order valence-corrected chi connectivity index (χ1v) is 24.3. The second-order valence-electron chi connectivity index (χ2n) is 16.3. The number of carbonyl (C=O) groups excluding carboxylic acids is 2. The van der Waals surface area contributed by atoms with Gasteiger partial charge in [0.1, 0.15) is 0 Å². The van der Waals surface area contributed by atoms with Gasteiger partial charge < -0.3 is 28.7 Å². The van der Waals surface area contributed by atoms with Crippen molar-refractivity contribution in [1.29, 1.82) is 0 Å². The van der Waals surface area contributed by atoms with E-state index in [4.69, 9.17) is 18.9 Å². The summed E-state index contributed by atoms with van der Waals surface area (Å²) in [6.45, 7) is 11.4. The maximum absolute atomic E-state index is 12.1. The van der Waals surface area contributed by atoms with E-state index in [1.54, 1.807) is 0 Å². The molecule has 0 aromatic rings. The summed E-state index contributed by atoms with van der Waals surface area (Å²) < 4.78 is 22.4. The molecule has 0 aliphatic heterocycles. The predicted molar refractivity (Wildman–Crippen MR) is 247 cm³/mol. The van der Waals surface area contributed by atoms with Crippen LogP contribution in [0, 0.1) is 0 Å². The molecule has 0 atom stereocenters. The maximum atomic E-state index is 12.1. The van der Waals surface area contributed by atoms with E-state index in [0.29, 0.717) is 52.5 Å². The highest BCUT2D eigenvalue weighted by atomic mass is 16.5. The van der Waals surface area contributed by atoms with Crippen LogP contribution in [0.4, 0.5) is 0 Å². The van der Waals surface area contributed by atoms with E-state index in [0.717, 1.165) is 77.5 Å². The average Bonchev–Trinajstić information content (AvgIpc) is 3.22. The van der Waals surface area contributed by atoms with Gasteiger partial charge in [0, 0.05) is 39.0 Å². The van der Waals surface area contributed by atoms with Crippen LogP contribution in [0.25, 0.3) is 0 Å². The number of allylic oxidation sites excluding steroid dienone is 6. The highest BCUT2D eigenvalue weighted by Crippen LogP contribution is 2.11. The van der Waals surface area contributed by atoms with Gasteiger partial charge in [0.05, 0.1) is 39.6 Å². The first-order valence-electron chi connectivity index (χ1n) is 24.3. The molecule has 58 heavy (non-hydrogen) atoms. The summed E-state index contributed by atoms with van der Waals surface area (Å²) in [6.07, 6.45) is 46.0. The van der Waals surface area contributed by atoms with Crippen molar-refractivity contribution in [2.75, 3.05) is 79.9 Å². The molecule has 0 rings (SSSR count). The van der Waals surface area contributed by atoms with Gasteiger partial charge in [-0.2, -0.15) is 0 Å². The van der Waals surface area contributed by atoms with Crippen molar-refractivity contribution in [2.45, 2.75) is 194 Å². The first-order chi connectivity index (χ1) is 28.5. The van der Waals surface area contributed by atoms with Crippen molar-refractivity contribution in [1.82, 2.24) is 9.80 Å². The van der Waals surface area contributed by atoms with Crippen LogP contribution < -0.4 is 0 Å². The van der Waals surface area contributed by atoms with Gasteiger partial charge in [0.2, 0.25) is 0 Å². The Morgan fingerprint density at radius 3 is 1.16 bits per heavy atom. The van der Waals surface area contributed by atoms with E-state index in [9.17, 15) is 9.59 Å². The number of hydrogen-bond donors (Lipinski definition) is 0. The molecule has 0 aliphatic carbocycles. The normalized spacial score (nSPS) is 12.0. The zero-order valence-electron chi connectivity index (χ0n) is 38.7. The Balaban J connectivity index is 3.43. The Morgan fingerprint density at radius 1 is 0.379 bits per heavy atom. The molecule has 340 valence electrons. The number of hydrogen-bond acceptors (Lipinski definition) is 8. The van der Waals surface area contributed by atoms with Crippen LogP contribution in [0.15, 0.2) is 36.5 Å². The third-order valence-corrected chi connectivity index (χ3v) is 10.5. The SMILES string of the molecule is CCCCC/C=C/C/C=C/CCCCCCCC(=O)OCCCN(C)CCOCCOCCN(C)CCCOC(=O)CCCCCCC/C=C/CCCCCCCC. The van der Waals surface area contributed by atoms with Gasteiger partial charge in [-0.1, -0.05) is 134 Å². The quantitative estimate of drug-likeness (QED) is 0.0341. The van der Waals surface area contributed by atoms with E-state index < -0.39 is 0 Å². The fourth-order valence-electron chi connectivity index (χ4n) is 6.59. The van der Waals surface area contributed by atoms with E-state index in [1.165, 1.54) is 116 Å². The topological polar surface area (TPSA) is 77.5 Å². The molecule has 0 spiro atoms. The van der Waals surface area contributed by atoms with Gasteiger partial charge in [-0.25, -0.2) is 0 Å². The van der Waals surface area contributed by atoms with Gasteiger partial charge in [-0.05, 0) is 97.6 Å². The molecular weight excluding hydrogens is 725 g/mol. The highest BCUT2D eigenvalue weighted by Gasteiger charge is 2.06. The fraction of sp³-hybridized carbons (Fsp3) is 0.840. The average molecular weight is 819 g/mol. The van der Waals surface area contributed by atoms with E-state index in [2.05, 4.69) is 74.2 Å². The second-order valence-corrected chi connectivity index (χ2v) is 16.3. The lowest BCUT2D eigenvalue weighted by Crippen LogP contribution is -2.27. The molecule has 0 bridgehead atoms. The molecule has 0 amide bonds. The number of unbranched alkanes of at least 4 members (excludes halogenated alkanes) is 19. The standard InChI is InChI=1S/C50H94N2O6/c1-5-7-9-11-13-15-17-19-21-23-25-27-29-31-33-37-49(53)57-43-35-39-51(3)41-45-55-47-48-56-46-42-52(4)40-36-44-58-50(54)38-34-32-30-28-26-24-22-20-18-16-14-12-10-8-6-2/h13,15,19-22H,5-12,14,16-18,23-48H2,1-4H3/b15-13+,21-19+,22-20+. The molecule has 0 N–H and O–H groups in total. The highest BCUT2D eigenvalue weighted by molar-refractivity contribution is 5.69. The summed E-state index contributed by atoms with van der Waals surface area (Å²) >= 11 is 0. The summed E-state index contributed by atoms with van der Waals surface area (Å²) in [5, 5.41) is 0. The van der Waals surface area contributed by atoms with Gasteiger partial charge in [-0.3, -0.25) is 9.59 Å². The van der Waals surface area contributed by atoms with Crippen molar-refractivity contribution in [3.05, 3.63) is 36.5 Å².